The quantitative estimate of drug-likeness (QED) is 0.536. The number of para-hydroxylation sites is 1. The van der Waals surface area contributed by atoms with Gasteiger partial charge in [-0.2, -0.15) is 0 Å². The lowest BCUT2D eigenvalue weighted by atomic mass is 10.0. The van der Waals surface area contributed by atoms with E-state index < -0.39 is 5.91 Å². The van der Waals surface area contributed by atoms with Crippen molar-refractivity contribution < 1.29 is 4.79 Å². The van der Waals surface area contributed by atoms with Gasteiger partial charge in [-0.15, -0.1) is 0 Å². The number of hydrogen-bond donors (Lipinski definition) is 2. The summed E-state index contributed by atoms with van der Waals surface area (Å²) in [7, 11) is 0. The van der Waals surface area contributed by atoms with Crippen LogP contribution in [0.3, 0.4) is 0 Å². The predicted molar refractivity (Wildman–Crippen MR) is 112 cm³/mol. The van der Waals surface area contributed by atoms with E-state index in [9.17, 15) is 9.59 Å². The minimum absolute atomic E-state index is 0.0923. The van der Waals surface area contributed by atoms with Crippen LogP contribution < -0.4 is 10.7 Å². The molecular formula is C24H18N2O2. The summed E-state index contributed by atoms with van der Waals surface area (Å²) in [5, 5.41) is 2.81. The highest BCUT2D eigenvalue weighted by Gasteiger charge is 2.19. The summed E-state index contributed by atoms with van der Waals surface area (Å²) in [5.41, 5.74) is 3.22. The van der Waals surface area contributed by atoms with Gasteiger partial charge in [0, 0.05) is 17.4 Å². The largest absolute Gasteiger partial charge is 0.354 e. The first-order valence-corrected chi connectivity index (χ1v) is 8.97. The summed E-state index contributed by atoms with van der Waals surface area (Å²) < 4.78 is 0. The third-order valence-electron chi connectivity index (χ3n) is 4.44. The second kappa shape index (κ2) is 7.76. The standard InChI is InChI=1S/C24H18N2O2/c27-21-16-20(17-10-4-1-5-11-17)26-23(18-12-6-2-7-13-18)22(21)24(28)25-19-14-8-3-9-15-19/h1-16H,(H,25,28)(H,26,27). The lowest BCUT2D eigenvalue weighted by Gasteiger charge is -2.13. The van der Waals surface area contributed by atoms with Crippen molar-refractivity contribution in [3.8, 4) is 22.5 Å². The second-order valence-corrected chi connectivity index (χ2v) is 6.35. The Kier molecular flexibility index (Phi) is 4.85. The number of aromatic nitrogens is 1. The molecule has 4 nitrogen and oxygen atoms in total. The Bertz CT molecular complexity index is 1150. The van der Waals surface area contributed by atoms with E-state index in [2.05, 4.69) is 10.3 Å². The number of H-pyrrole nitrogens is 1. The van der Waals surface area contributed by atoms with Gasteiger partial charge in [-0.05, 0) is 23.3 Å². The molecule has 136 valence electrons. The fraction of sp³-hybridized carbons (Fsp3) is 0. The zero-order valence-electron chi connectivity index (χ0n) is 15.1. The maximum atomic E-state index is 13.0. The van der Waals surface area contributed by atoms with E-state index in [0.717, 1.165) is 11.1 Å². The molecule has 4 heteroatoms. The summed E-state index contributed by atoms with van der Waals surface area (Å²) >= 11 is 0. The maximum absolute atomic E-state index is 13.0. The number of hydrogen-bond acceptors (Lipinski definition) is 2. The lowest BCUT2D eigenvalue weighted by Crippen LogP contribution is -2.23. The average molecular weight is 366 g/mol. The van der Waals surface area contributed by atoms with Crippen LogP contribution in [0.25, 0.3) is 22.5 Å². The maximum Gasteiger partial charge on any atom is 0.261 e. The fourth-order valence-electron chi connectivity index (χ4n) is 3.09. The summed E-state index contributed by atoms with van der Waals surface area (Å²) in [5.74, 6) is -0.439. The Hall–Kier alpha value is -3.92. The first-order chi connectivity index (χ1) is 13.7. The van der Waals surface area contributed by atoms with Crippen LogP contribution in [0.1, 0.15) is 10.4 Å². The monoisotopic (exact) mass is 366 g/mol. The van der Waals surface area contributed by atoms with Gasteiger partial charge in [0.2, 0.25) is 0 Å². The molecule has 1 heterocycles. The summed E-state index contributed by atoms with van der Waals surface area (Å²) in [4.78, 5) is 29.2. The molecule has 1 amide bonds. The molecule has 4 aromatic rings. The highest BCUT2D eigenvalue weighted by Crippen LogP contribution is 2.24. The molecule has 0 radical (unpaired) electrons. The van der Waals surface area contributed by atoms with Crippen molar-refractivity contribution in [3.63, 3.8) is 0 Å². The Labute approximate surface area is 162 Å². The topological polar surface area (TPSA) is 62.0 Å². The summed E-state index contributed by atoms with van der Waals surface area (Å²) in [6, 6.07) is 29.5. The van der Waals surface area contributed by atoms with Crippen molar-refractivity contribution in [2.24, 2.45) is 0 Å². The van der Waals surface area contributed by atoms with E-state index in [-0.39, 0.29) is 11.0 Å². The van der Waals surface area contributed by atoms with Crippen LogP contribution in [0.4, 0.5) is 5.69 Å². The predicted octanol–water partition coefficient (Wildman–Crippen LogP) is 4.96. The molecule has 0 atom stereocenters. The lowest BCUT2D eigenvalue weighted by molar-refractivity contribution is 0.102. The Morgan fingerprint density at radius 3 is 1.86 bits per heavy atom. The van der Waals surface area contributed by atoms with Gasteiger partial charge in [-0.25, -0.2) is 0 Å². The molecule has 0 aliphatic rings. The molecule has 2 N–H and O–H groups in total. The van der Waals surface area contributed by atoms with Crippen molar-refractivity contribution in [2.75, 3.05) is 5.32 Å². The number of rotatable bonds is 4. The second-order valence-electron chi connectivity index (χ2n) is 6.35. The number of aromatic amines is 1. The van der Waals surface area contributed by atoms with Crippen LogP contribution in [0.5, 0.6) is 0 Å². The van der Waals surface area contributed by atoms with Crippen LogP contribution in [0.2, 0.25) is 0 Å². The van der Waals surface area contributed by atoms with Crippen molar-refractivity contribution in [2.45, 2.75) is 0 Å². The first kappa shape index (κ1) is 17.5. The highest BCUT2D eigenvalue weighted by atomic mass is 16.2. The molecule has 1 aromatic heterocycles. The van der Waals surface area contributed by atoms with Crippen LogP contribution in [-0.2, 0) is 0 Å². The number of benzene rings is 3. The van der Waals surface area contributed by atoms with Gasteiger partial charge in [-0.3, -0.25) is 9.59 Å². The van der Waals surface area contributed by atoms with Crippen LogP contribution in [-0.4, -0.2) is 10.9 Å². The SMILES string of the molecule is O=C(Nc1ccccc1)c1c(-c2ccccc2)[nH]c(-c2ccccc2)cc1=O. The van der Waals surface area contributed by atoms with Gasteiger partial charge in [0.1, 0.15) is 5.56 Å². The number of nitrogens with one attached hydrogen (secondary N) is 2. The number of anilines is 1. The summed E-state index contributed by atoms with van der Waals surface area (Å²) in [6.45, 7) is 0. The minimum Gasteiger partial charge on any atom is -0.354 e. The van der Waals surface area contributed by atoms with Gasteiger partial charge in [0.05, 0.1) is 5.69 Å². The summed E-state index contributed by atoms with van der Waals surface area (Å²) in [6.07, 6.45) is 0. The van der Waals surface area contributed by atoms with E-state index in [1.165, 1.54) is 6.07 Å². The van der Waals surface area contributed by atoms with Crippen molar-refractivity contribution >= 4 is 11.6 Å². The van der Waals surface area contributed by atoms with Crippen molar-refractivity contribution in [1.29, 1.82) is 0 Å². The molecule has 0 spiro atoms. The molecule has 4 rings (SSSR count). The van der Waals surface area contributed by atoms with Gasteiger partial charge < -0.3 is 10.3 Å². The normalized spacial score (nSPS) is 10.4. The van der Waals surface area contributed by atoms with Gasteiger partial charge in [-0.1, -0.05) is 78.9 Å². The van der Waals surface area contributed by atoms with E-state index in [1.807, 2.05) is 78.9 Å². The van der Waals surface area contributed by atoms with Crippen LogP contribution in [0, 0.1) is 0 Å². The average Bonchev–Trinajstić information content (AvgIpc) is 2.75. The zero-order valence-corrected chi connectivity index (χ0v) is 15.1. The third kappa shape index (κ3) is 3.62. The van der Waals surface area contributed by atoms with Crippen molar-refractivity contribution in [3.05, 3.63) is 113 Å². The Morgan fingerprint density at radius 1 is 0.714 bits per heavy atom. The molecule has 0 unspecified atom stereocenters. The third-order valence-corrected chi connectivity index (χ3v) is 4.44. The van der Waals surface area contributed by atoms with E-state index in [0.29, 0.717) is 17.1 Å². The highest BCUT2D eigenvalue weighted by molar-refractivity contribution is 6.08. The molecule has 0 saturated heterocycles. The minimum atomic E-state index is -0.439. The Balaban J connectivity index is 1.85. The zero-order chi connectivity index (χ0) is 19.3. The molecule has 3 aromatic carbocycles. The van der Waals surface area contributed by atoms with Gasteiger partial charge in [0.25, 0.3) is 5.91 Å². The number of carbonyl (C=O) groups excluding carboxylic acids is 1. The molecule has 0 aliphatic heterocycles. The van der Waals surface area contributed by atoms with E-state index >= 15 is 0 Å². The number of amides is 1. The smallest absolute Gasteiger partial charge is 0.261 e. The molecule has 0 fully saturated rings. The molecule has 0 saturated carbocycles. The van der Waals surface area contributed by atoms with Crippen LogP contribution in [0.15, 0.2) is 102 Å². The molecular weight excluding hydrogens is 348 g/mol. The molecule has 0 aliphatic carbocycles. The first-order valence-electron chi connectivity index (χ1n) is 8.97. The number of pyridine rings is 1. The van der Waals surface area contributed by atoms with Crippen LogP contribution >= 0.6 is 0 Å². The van der Waals surface area contributed by atoms with Crippen molar-refractivity contribution in [1.82, 2.24) is 4.98 Å². The Morgan fingerprint density at radius 2 is 1.25 bits per heavy atom. The van der Waals surface area contributed by atoms with Gasteiger partial charge >= 0.3 is 0 Å². The van der Waals surface area contributed by atoms with E-state index in [4.69, 9.17) is 0 Å². The number of carbonyl (C=O) groups is 1. The van der Waals surface area contributed by atoms with Gasteiger partial charge in [0.15, 0.2) is 5.43 Å². The molecule has 0 bridgehead atoms. The van der Waals surface area contributed by atoms with E-state index in [1.54, 1.807) is 12.1 Å². The molecule has 28 heavy (non-hydrogen) atoms. The fourth-order valence-corrected chi connectivity index (χ4v) is 3.09.